The van der Waals surface area contributed by atoms with Crippen molar-refractivity contribution < 1.29 is 13.6 Å². The lowest BCUT2D eigenvalue weighted by Crippen LogP contribution is -2.27. The number of amides is 1. The zero-order valence-electron chi connectivity index (χ0n) is 16.1. The molecule has 1 N–H and O–H groups in total. The van der Waals surface area contributed by atoms with Crippen molar-refractivity contribution in [3.05, 3.63) is 100 Å². The molecular weight excluding hydrogens is 447 g/mol. The SMILES string of the molecule is C[C@@H](NC(=O)c1ccccc1-c1ncc(-c2ccc(Br)cc2)o1)c1ccc(F)cc1. The Morgan fingerprint density at radius 3 is 2.47 bits per heavy atom. The number of carbonyl (C=O) groups is 1. The normalized spacial score (nSPS) is 11.8. The molecular formula is C24H18BrFN2O2. The van der Waals surface area contributed by atoms with Crippen molar-refractivity contribution >= 4 is 21.8 Å². The first-order chi connectivity index (χ1) is 14.5. The van der Waals surface area contributed by atoms with Crippen molar-refractivity contribution in [2.45, 2.75) is 13.0 Å². The van der Waals surface area contributed by atoms with E-state index in [1.165, 1.54) is 12.1 Å². The molecule has 0 spiro atoms. The lowest BCUT2D eigenvalue weighted by Gasteiger charge is -2.15. The van der Waals surface area contributed by atoms with Gasteiger partial charge in [0.1, 0.15) is 5.82 Å². The number of halogens is 2. The van der Waals surface area contributed by atoms with Gasteiger partial charge >= 0.3 is 0 Å². The maximum absolute atomic E-state index is 13.2. The van der Waals surface area contributed by atoms with Crippen LogP contribution in [0.4, 0.5) is 4.39 Å². The molecule has 0 unspecified atom stereocenters. The monoisotopic (exact) mass is 464 g/mol. The predicted molar refractivity (Wildman–Crippen MR) is 117 cm³/mol. The van der Waals surface area contributed by atoms with E-state index in [0.717, 1.165) is 15.6 Å². The summed E-state index contributed by atoms with van der Waals surface area (Å²) in [4.78, 5) is 17.3. The topological polar surface area (TPSA) is 55.1 Å². The van der Waals surface area contributed by atoms with Gasteiger partial charge in [-0.15, -0.1) is 0 Å². The van der Waals surface area contributed by atoms with E-state index < -0.39 is 0 Å². The van der Waals surface area contributed by atoms with Crippen molar-refractivity contribution in [3.8, 4) is 22.8 Å². The van der Waals surface area contributed by atoms with Gasteiger partial charge in [0, 0.05) is 15.6 Å². The lowest BCUT2D eigenvalue weighted by atomic mass is 10.0. The highest BCUT2D eigenvalue weighted by atomic mass is 79.9. The van der Waals surface area contributed by atoms with Crippen LogP contribution in [-0.4, -0.2) is 10.9 Å². The Bertz CT molecular complexity index is 1170. The Labute approximate surface area is 181 Å². The Balaban J connectivity index is 1.59. The molecule has 6 heteroatoms. The number of oxazole rings is 1. The van der Waals surface area contributed by atoms with Crippen LogP contribution in [0.1, 0.15) is 28.9 Å². The molecule has 0 aliphatic carbocycles. The number of carbonyl (C=O) groups excluding carboxylic acids is 1. The first-order valence-corrected chi connectivity index (χ1v) is 10.2. The van der Waals surface area contributed by atoms with E-state index in [1.54, 1.807) is 36.5 Å². The molecule has 4 nitrogen and oxygen atoms in total. The number of hydrogen-bond acceptors (Lipinski definition) is 3. The van der Waals surface area contributed by atoms with E-state index in [0.29, 0.717) is 22.8 Å². The van der Waals surface area contributed by atoms with Gasteiger partial charge in [-0.25, -0.2) is 9.37 Å². The molecule has 0 saturated carbocycles. The molecule has 0 fully saturated rings. The van der Waals surface area contributed by atoms with Gasteiger partial charge in [0.15, 0.2) is 5.76 Å². The van der Waals surface area contributed by atoms with Crippen LogP contribution >= 0.6 is 15.9 Å². The van der Waals surface area contributed by atoms with Crippen LogP contribution in [0.25, 0.3) is 22.8 Å². The first kappa shape index (κ1) is 20.0. The minimum atomic E-state index is -0.312. The van der Waals surface area contributed by atoms with Gasteiger partial charge in [0.2, 0.25) is 5.89 Å². The van der Waals surface area contributed by atoms with E-state index in [-0.39, 0.29) is 17.8 Å². The summed E-state index contributed by atoms with van der Waals surface area (Å²) in [6.45, 7) is 1.85. The Morgan fingerprint density at radius 1 is 1.03 bits per heavy atom. The van der Waals surface area contributed by atoms with Gasteiger partial charge in [-0.1, -0.05) is 52.3 Å². The molecule has 0 aliphatic heterocycles. The number of benzene rings is 3. The van der Waals surface area contributed by atoms with Crippen LogP contribution in [0.3, 0.4) is 0 Å². The highest BCUT2D eigenvalue weighted by Gasteiger charge is 2.19. The highest BCUT2D eigenvalue weighted by Crippen LogP contribution is 2.29. The molecule has 3 aromatic carbocycles. The molecule has 30 heavy (non-hydrogen) atoms. The van der Waals surface area contributed by atoms with E-state index >= 15 is 0 Å². The number of nitrogens with zero attached hydrogens (tertiary/aromatic N) is 1. The molecule has 150 valence electrons. The number of hydrogen-bond donors (Lipinski definition) is 1. The van der Waals surface area contributed by atoms with Gasteiger partial charge in [-0.3, -0.25) is 4.79 Å². The Hall–Kier alpha value is -3.25. The van der Waals surface area contributed by atoms with E-state index in [2.05, 4.69) is 26.2 Å². The fraction of sp³-hybridized carbons (Fsp3) is 0.0833. The van der Waals surface area contributed by atoms with Crippen molar-refractivity contribution in [2.75, 3.05) is 0 Å². The molecule has 0 saturated heterocycles. The number of aromatic nitrogens is 1. The third kappa shape index (κ3) is 4.33. The average molecular weight is 465 g/mol. The van der Waals surface area contributed by atoms with Crippen LogP contribution in [0, 0.1) is 5.82 Å². The van der Waals surface area contributed by atoms with E-state index in [4.69, 9.17) is 4.42 Å². The van der Waals surface area contributed by atoms with Gasteiger partial charge in [0.05, 0.1) is 17.8 Å². The summed E-state index contributed by atoms with van der Waals surface area (Å²) in [7, 11) is 0. The van der Waals surface area contributed by atoms with Crippen molar-refractivity contribution in [1.29, 1.82) is 0 Å². The highest BCUT2D eigenvalue weighted by molar-refractivity contribution is 9.10. The molecule has 4 aromatic rings. The zero-order valence-corrected chi connectivity index (χ0v) is 17.7. The summed E-state index contributed by atoms with van der Waals surface area (Å²) in [5.41, 5.74) is 2.76. The first-order valence-electron chi connectivity index (χ1n) is 9.39. The summed E-state index contributed by atoms with van der Waals surface area (Å²) in [5.74, 6) is 0.416. The molecule has 1 amide bonds. The summed E-state index contributed by atoms with van der Waals surface area (Å²) in [6.07, 6.45) is 1.65. The van der Waals surface area contributed by atoms with Crippen molar-refractivity contribution in [3.63, 3.8) is 0 Å². The summed E-state index contributed by atoms with van der Waals surface area (Å²) < 4.78 is 20.1. The summed E-state index contributed by atoms with van der Waals surface area (Å²) in [5, 5.41) is 2.95. The molecule has 1 atom stereocenters. The minimum Gasteiger partial charge on any atom is -0.436 e. The van der Waals surface area contributed by atoms with Crippen LogP contribution in [0.2, 0.25) is 0 Å². The second kappa shape index (κ2) is 8.63. The third-order valence-electron chi connectivity index (χ3n) is 4.75. The zero-order chi connectivity index (χ0) is 21.1. The largest absolute Gasteiger partial charge is 0.436 e. The van der Waals surface area contributed by atoms with Crippen LogP contribution in [0.15, 0.2) is 87.9 Å². The van der Waals surface area contributed by atoms with Crippen molar-refractivity contribution in [1.82, 2.24) is 10.3 Å². The fourth-order valence-electron chi connectivity index (χ4n) is 3.12. The Morgan fingerprint density at radius 2 is 1.73 bits per heavy atom. The lowest BCUT2D eigenvalue weighted by molar-refractivity contribution is 0.0940. The van der Waals surface area contributed by atoms with E-state index in [1.807, 2.05) is 37.3 Å². The van der Waals surface area contributed by atoms with Crippen molar-refractivity contribution in [2.24, 2.45) is 0 Å². The summed E-state index contributed by atoms with van der Waals surface area (Å²) in [6, 6.07) is 20.6. The predicted octanol–water partition coefficient (Wildman–Crippen LogP) is 6.40. The summed E-state index contributed by atoms with van der Waals surface area (Å²) >= 11 is 3.42. The quantitative estimate of drug-likeness (QED) is 0.371. The smallest absolute Gasteiger partial charge is 0.252 e. The molecule has 0 aliphatic rings. The molecule has 1 heterocycles. The maximum atomic E-state index is 13.2. The van der Waals surface area contributed by atoms with Gasteiger partial charge in [-0.05, 0) is 48.9 Å². The standard InChI is InChI=1S/C24H18BrFN2O2/c1-15(16-8-12-19(26)13-9-16)28-23(29)20-4-2-3-5-21(20)24-27-14-22(30-24)17-6-10-18(25)11-7-17/h2-15H,1H3,(H,28,29)/t15-/m1/s1. The van der Waals surface area contributed by atoms with E-state index in [9.17, 15) is 9.18 Å². The second-order valence-electron chi connectivity index (χ2n) is 6.83. The van der Waals surface area contributed by atoms with Crippen LogP contribution < -0.4 is 5.32 Å². The molecule has 0 bridgehead atoms. The molecule has 1 aromatic heterocycles. The number of nitrogens with one attached hydrogen (secondary N) is 1. The van der Waals surface area contributed by atoms with Gasteiger partial charge in [0.25, 0.3) is 5.91 Å². The average Bonchev–Trinajstić information content (AvgIpc) is 3.25. The fourth-order valence-corrected chi connectivity index (χ4v) is 3.39. The Kier molecular flexibility index (Phi) is 5.77. The maximum Gasteiger partial charge on any atom is 0.252 e. The van der Waals surface area contributed by atoms with Crippen LogP contribution in [0.5, 0.6) is 0 Å². The molecule has 4 rings (SSSR count). The van der Waals surface area contributed by atoms with Gasteiger partial charge in [-0.2, -0.15) is 0 Å². The minimum absolute atomic E-state index is 0.259. The number of rotatable bonds is 5. The molecule has 0 radical (unpaired) electrons. The second-order valence-corrected chi connectivity index (χ2v) is 7.74. The van der Waals surface area contributed by atoms with Crippen LogP contribution in [-0.2, 0) is 0 Å². The van der Waals surface area contributed by atoms with Gasteiger partial charge < -0.3 is 9.73 Å². The third-order valence-corrected chi connectivity index (χ3v) is 5.28.